The van der Waals surface area contributed by atoms with Crippen LogP contribution in [-0.4, -0.2) is 31.8 Å². The number of para-hydroxylation sites is 1. The van der Waals surface area contributed by atoms with Crippen LogP contribution in [0.2, 0.25) is 0 Å². The van der Waals surface area contributed by atoms with Crippen molar-refractivity contribution in [3.8, 4) is 5.75 Å². The Morgan fingerprint density at radius 1 is 1.00 bits per heavy atom. The van der Waals surface area contributed by atoms with Gasteiger partial charge in [0.25, 0.3) is 0 Å². The van der Waals surface area contributed by atoms with E-state index >= 15 is 0 Å². The largest absolute Gasteiger partial charge is 0.497 e. The molecule has 0 bridgehead atoms. The number of methoxy groups -OCH3 is 1. The number of fused-ring (bicyclic) bond motifs is 1. The van der Waals surface area contributed by atoms with Crippen LogP contribution in [0, 0.1) is 5.82 Å². The lowest BCUT2D eigenvalue weighted by atomic mass is 10.2. The summed E-state index contributed by atoms with van der Waals surface area (Å²) < 4.78 is 46.3. The van der Waals surface area contributed by atoms with Crippen LogP contribution in [0.5, 0.6) is 5.75 Å². The Hall–Kier alpha value is -3.65. The first-order chi connectivity index (χ1) is 15.4. The van der Waals surface area contributed by atoms with Gasteiger partial charge in [0.15, 0.2) is 9.84 Å². The first-order valence-corrected chi connectivity index (χ1v) is 11.5. The Labute approximate surface area is 185 Å². The lowest BCUT2D eigenvalue weighted by Gasteiger charge is -2.07. The summed E-state index contributed by atoms with van der Waals surface area (Å²) in [7, 11) is -2.38. The number of amides is 1. The van der Waals surface area contributed by atoms with E-state index in [4.69, 9.17) is 4.74 Å². The van der Waals surface area contributed by atoms with Gasteiger partial charge in [-0.05, 0) is 48.0 Å². The van der Waals surface area contributed by atoms with E-state index in [9.17, 15) is 17.6 Å². The van der Waals surface area contributed by atoms with Gasteiger partial charge in [0, 0.05) is 29.3 Å². The van der Waals surface area contributed by atoms with E-state index in [1.165, 1.54) is 25.4 Å². The Bertz CT molecular complexity index is 1360. The number of ether oxygens (including phenoxy) is 1. The van der Waals surface area contributed by atoms with Crippen LogP contribution in [0.1, 0.15) is 5.56 Å². The van der Waals surface area contributed by atoms with Crippen molar-refractivity contribution in [3.63, 3.8) is 0 Å². The zero-order chi connectivity index (χ0) is 22.7. The van der Waals surface area contributed by atoms with Gasteiger partial charge < -0.3 is 14.6 Å². The van der Waals surface area contributed by atoms with Crippen LogP contribution in [0.3, 0.4) is 0 Å². The van der Waals surface area contributed by atoms with Crippen molar-refractivity contribution in [2.45, 2.75) is 11.4 Å². The summed E-state index contributed by atoms with van der Waals surface area (Å²) in [6.45, 7) is 0.369. The van der Waals surface area contributed by atoms with Crippen LogP contribution in [0.25, 0.3) is 10.9 Å². The molecule has 3 aromatic carbocycles. The highest BCUT2D eigenvalue weighted by Crippen LogP contribution is 2.27. The third-order valence-electron chi connectivity index (χ3n) is 5.05. The molecule has 0 saturated carbocycles. The predicted molar refractivity (Wildman–Crippen MR) is 121 cm³/mol. The Kier molecular flexibility index (Phi) is 5.96. The first kappa shape index (κ1) is 21.6. The normalized spacial score (nSPS) is 11.4. The number of hydrogen-bond donors (Lipinski definition) is 1. The number of halogens is 1. The molecule has 0 atom stereocenters. The van der Waals surface area contributed by atoms with Crippen LogP contribution < -0.4 is 10.1 Å². The number of nitrogens with one attached hydrogen (secondary N) is 1. The number of benzene rings is 3. The van der Waals surface area contributed by atoms with Crippen molar-refractivity contribution in [2.24, 2.45) is 0 Å². The number of anilines is 1. The van der Waals surface area contributed by atoms with Crippen molar-refractivity contribution < 1.29 is 22.3 Å². The standard InChI is InChI=1S/C24H21FN2O4S/c1-31-20-12-10-19(11-13-20)26-24(28)16-32(29,30)23-15-27(22-5-3-2-4-21(22)23)14-17-6-8-18(25)9-7-17/h2-13,15H,14,16H2,1H3,(H,26,28). The second-order valence-electron chi connectivity index (χ2n) is 7.30. The lowest BCUT2D eigenvalue weighted by molar-refractivity contribution is -0.113. The molecular formula is C24H21FN2O4S. The Morgan fingerprint density at radius 3 is 2.38 bits per heavy atom. The second kappa shape index (κ2) is 8.84. The number of sulfone groups is 1. The third-order valence-corrected chi connectivity index (χ3v) is 6.69. The number of carbonyl (C=O) groups excluding carboxylic acids is 1. The summed E-state index contributed by atoms with van der Waals surface area (Å²) >= 11 is 0. The van der Waals surface area contributed by atoms with Crippen molar-refractivity contribution in [2.75, 3.05) is 18.2 Å². The zero-order valence-electron chi connectivity index (χ0n) is 17.3. The van der Waals surface area contributed by atoms with Gasteiger partial charge in [-0.3, -0.25) is 4.79 Å². The molecule has 0 aliphatic heterocycles. The molecular weight excluding hydrogens is 431 g/mol. The van der Waals surface area contributed by atoms with Crippen molar-refractivity contribution in [3.05, 3.63) is 90.4 Å². The minimum Gasteiger partial charge on any atom is -0.497 e. The van der Waals surface area contributed by atoms with Gasteiger partial charge in [-0.1, -0.05) is 30.3 Å². The molecule has 0 unspecified atom stereocenters. The highest BCUT2D eigenvalue weighted by molar-refractivity contribution is 7.92. The SMILES string of the molecule is COc1ccc(NC(=O)CS(=O)(=O)c2cn(Cc3ccc(F)cc3)c3ccccc23)cc1. The maximum Gasteiger partial charge on any atom is 0.239 e. The smallest absolute Gasteiger partial charge is 0.239 e. The van der Waals surface area contributed by atoms with Crippen LogP contribution >= 0.6 is 0 Å². The third kappa shape index (κ3) is 4.65. The fourth-order valence-electron chi connectivity index (χ4n) is 3.50. The fourth-order valence-corrected chi connectivity index (χ4v) is 4.87. The predicted octanol–water partition coefficient (Wildman–Crippen LogP) is 4.25. The van der Waals surface area contributed by atoms with Crippen LogP contribution in [0.15, 0.2) is 83.9 Å². The molecule has 32 heavy (non-hydrogen) atoms. The van der Waals surface area contributed by atoms with E-state index < -0.39 is 21.5 Å². The van der Waals surface area contributed by atoms with Gasteiger partial charge in [0.05, 0.1) is 12.0 Å². The summed E-state index contributed by atoms with van der Waals surface area (Å²) in [5, 5.41) is 3.14. The number of nitrogens with zero attached hydrogens (tertiary/aromatic N) is 1. The van der Waals surface area contributed by atoms with Gasteiger partial charge in [-0.15, -0.1) is 0 Å². The molecule has 0 radical (unpaired) electrons. The minimum absolute atomic E-state index is 0.0834. The molecule has 0 saturated heterocycles. The molecule has 0 aliphatic rings. The molecule has 0 aliphatic carbocycles. The van der Waals surface area contributed by atoms with Gasteiger partial charge in [0.2, 0.25) is 5.91 Å². The number of rotatable bonds is 7. The molecule has 4 rings (SSSR count). The van der Waals surface area contributed by atoms with Gasteiger partial charge in [-0.2, -0.15) is 0 Å². The average Bonchev–Trinajstić information content (AvgIpc) is 3.15. The number of hydrogen-bond acceptors (Lipinski definition) is 4. The van der Waals surface area contributed by atoms with E-state index in [1.807, 2.05) is 12.1 Å². The maximum absolute atomic E-state index is 13.2. The van der Waals surface area contributed by atoms with E-state index in [-0.39, 0.29) is 10.7 Å². The Morgan fingerprint density at radius 2 is 1.69 bits per heavy atom. The number of carbonyl (C=O) groups is 1. The first-order valence-electron chi connectivity index (χ1n) is 9.85. The highest BCUT2D eigenvalue weighted by atomic mass is 32.2. The quantitative estimate of drug-likeness (QED) is 0.455. The molecule has 164 valence electrons. The van der Waals surface area contributed by atoms with E-state index in [2.05, 4.69) is 5.32 Å². The second-order valence-corrected chi connectivity index (χ2v) is 9.26. The zero-order valence-corrected chi connectivity index (χ0v) is 18.1. The molecule has 1 amide bonds. The molecule has 6 nitrogen and oxygen atoms in total. The molecule has 8 heteroatoms. The summed E-state index contributed by atoms with van der Waals surface area (Å²) in [5.41, 5.74) is 2.02. The van der Waals surface area contributed by atoms with Crippen LogP contribution in [-0.2, 0) is 21.2 Å². The van der Waals surface area contributed by atoms with Crippen molar-refractivity contribution >= 4 is 32.3 Å². The van der Waals surface area contributed by atoms with Gasteiger partial charge in [-0.25, -0.2) is 12.8 Å². The van der Waals surface area contributed by atoms with E-state index in [0.29, 0.717) is 28.9 Å². The van der Waals surface area contributed by atoms with E-state index in [0.717, 1.165) is 5.56 Å². The van der Waals surface area contributed by atoms with Crippen molar-refractivity contribution in [1.82, 2.24) is 4.57 Å². The highest BCUT2D eigenvalue weighted by Gasteiger charge is 2.24. The molecule has 0 fully saturated rings. The molecule has 1 aromatic heterocycles. The van der Waals surface area contributed by atoms with Crippen molar-refractivity contribution in [1.29, 1.82) is 0 Å². The lowest BCUT2D eigenvalue weighted by Crippen LogP contribution is -2.23. The molecule has 4 aromatic rings. The van der Waals surface area contributed by atoms with Gasteiger partial charge in [0.1, 0.15) is 17.3 Å². The Balaban J connectivity index is 1.59. The number of aromatic nitrogens is 1. The maximum atomic E-state index is 13.2. The van der Waals surface area contributed by atoms with E-state index in [1.54, 1.807) is 53.1 Å². The minimum atomic E-state index is -3.91. The van der Waals surface area contributed by atoms with Crippen LogP contribution in [0.4, 0.5) is 10.1 Å². The summed E-state index contributed by atoms with van der Waals surface area (Å²) in [6.07, 6.45) is 1.53. The monoisotopic (exact) mass is 452 g/mol. The van der Waals surface area contributed by atoms with Gasteiger partial charge >= 0.3 is 0 Å². The summed E-state index contributed by atoms with van der Waals surface area (Å²) in [4.78, 5) is 12.5. The summed E-state index contributed by atoms with van der Waals surface area (Å²) in [6, 6.07) is 19.7. The molecule has 1 heterocycles. The summed E-state index contributed by atoms with van der Waals surface area (Å²) in [5.74, 6) is -1.03. The fraction of sp³-hybridized carbons (Fsp3) is 0.125. The average molecular weight is 453 g/mol. The topological polar surface area (TPSA) is 77.4 Å². The molecule has 1 N–H and O–H groups in total. The molecule has 0 spiro atoms.